The van der Waals surface area contributed by atoms with Gasteiger partial charge in [0.2, 0.25) is 5.88 Å². The fourth-order valence-electron chi connectivity index (χ4n) is 3.82. The van der Waals surface area contributed by atoms with Crippen LogP contribution in [0.15, 0.2) is 28.9 Å². The van der Waals surface area contributed by atoms with Gasteiger partial charge in [0.1, 0.15) is 18.0 Å². The minimum absolute atomic E-state index is 0.0670. The maximum atomic E-state index is 10.6. The number of ether oxygens (including phenoxy) is 2. The summed E-state index contributed by atoms with van der Waals surface area (Å²) in [6.07, 6.45) is -6.18. The Kier molecular flexibility index (Phi) is 10.5. The number of aromatic nitrogens is 2. The van der Waals surface area contributed by atoms with Crippen molar-refractivity contribution in [3.05, 3.63) is 41.4 Å². The third kappa shape index (κ3) is 8.86. The van der Waals surface area contributed by atoms with Gasteiger partial charge in [-0.25, -0.2) is 14.6 Å². The highest BCUT2D eigenvalue weighted by molar-refractivity contribution is 5.73. The maximum Gasteiger partial charge on any atom is 0.490 e. The molecule has 2 aliphatic rings. The van der Waals surface area contributed by atoms with Crippen molar-refractivity contribution in [1.82, 2.24) is 15.0 Å². The number of rotatable bonds is 4. The predicted octanol–water partition coefficient (Wildman–Crippen LogP) is 3.76. The van der Waals surface area contributed by atoms with E-state index in [2.05, 4.69) is 15.0 Å². The Bertz CT molecular complexity index is 1020. The fraction of sp³-hybridized carbons (Fsp3) is 0.545. The van der Waals surface area contributed by atoms with Gasteiger partial charge in [0, 0.05) is 37.0 Å². The van der Waals surface area contributed by atoms with Crippen LogP contribution in [-0.2, 0) is 20.9 Å². The standard InChI is InChI=1S/C18H23N3O3.2C2HF3O2/c1-12-14(13(2)24-20-12)11-21-9-10-22-18-15(21)6-7-16(18)23-17-5-3-4-8-19-17;2*3-2(4,5)1(6)7/h3-5,8,15-16,18H,6-7,9-11H2,1-2H3;2*(H,6,7)/t15-,16+,18+;;/m0../s1. The largest absolute Gasteiger partial charge is 0.490 e. The van der Waals surface area contributed by atoms with Gasteiger partial charge in [0.25, 0.3) is 0 Å². The van der Waals surface area contributed by atoms with Crippen LogP contribution in [0.5, 0.6) is 5.88 Å². The average molecular weight is 557 g/mol. The van der Waals surface area contributed by atoms with Gasteiger partial charge < -0.3 is 24.2 Å². The molecule has 2 N–H and O–H groups in total. The number of pyridine rings is 1. The first-order valence-corrected chi connectivity index (χ1v) is 11.1. The van der Waals surface area contributed by atoms with Crippen molar-refractivity contribution in [1.29, 1.82) is 0 Å². The molecule has 1 aliphatic carbocycles. The molecule has 1 saturated carbocycles. The third-order valence-corrected chi connectivity index (χ3v) is 5.59. The van der Waals surface area contributed by atoms with E-state index in [1.54, 1.807) is 6.20 Å². The minimum atomic E-state index is -5.08. The number of nitrogens with zero attached hydrogens (tertiary/aromatic N) is 3. The van der Waals surface area contributed by atoms with Gasteiger partial charge >= 0.3 is 24.3 Å². The Morgan fingerprint density at radius 1 is 1.08 bits per heavy atom. The zero-order valence-electron chi connectivity index (χ0n) is 20.1. The Labute approximate surface area is 212 Å². The van der Waals surface area contributed by atoms with E-state index in [1.807, 2.05) is 32.0 Å². The SMILES string of the molecule is Cc1noc(C)c1CN1CCO[C@H]2[C@H](Oc3ccccn3)CC[C@@H]21.O=C(O)C(F)(F)F.O=C(O)C(F)(F)F. The summed E-state index contributed by atoms with van der Waals surface area (Å²) in [5, 5.41) is 18.3. The minimum Gasteiger partial charge on any atom is -0.475 e. The first-order chi connectivity index (χ1) is 17.6. The zero-order chi connectivity index (χ0) is 28.7. The summed E-state index contributed by atoms with van der Waals surface area (Å²) in [6, 6.07) is 6.12. The van der Waals surface area contributed by atoms with E-state index >= 15 is 0 Å². The van der Waals surface area contributed by atoms with Gasteiger partial charge in [-0.2, -0.15) is 26.3 Å². The quantitative estimate of drug-likeness (QED) is 0.535. The molecule has 10 nitrogen and oxygen atoms in total. The Balaban J connectivity index is 0.000000301. The second kappa shape index (κ2) is 12.9. The molecule has 0 bridgehead atoms. The van der Waals surface area contributed by atoms with Gasteiger partial charge in [-0.3, -0.25) is 4.90 Å². The first kappa shape index (κ1) is 30.8. The van der Waals surface area contributed by atoms with E-state index < -0.39 is 24.3 Å². The Morgan fingerprint density at radius 3 is 2.16 bits per heavy atom. The number of alkyl halides is 6. The number of hydrogen-bond donors (Lipinski definition) is 2. The van der Waals surface area contributed by atoms with Crippen molar-refractivity contribution in [2.45, 2.75) is 63.8 Å². The number of carboxylic acids is 2. The lowest BCUT2D eigenvalue weighted by molar-refractivity contribution is -0.193. The van der Waals surface area contributed by atoms with Crippen LogP contribution in [0.1, 0.15) is 29.9 Å². The molecule has 38 heavy (non-hydrogen) atoms. The van der Waals surface area contributed by atoms with E-state index in [1.165, 1.54) is 5.56 Å². The molecule has 4 rings (SSSR count). The molecule has 0 radical (unpaired) electrons. The zero-order valence-corrected chi connectivity index (χ0v) is 20.1. The molecule has 16 heteroatoms. The van der Waals surface area contributed by atoms with Crippen LogP contribution in [0, 0.1) is 13.8 Å². The molecule has 1 saturated heterocycles. The van der Waals surface area contributed by atoms with Crippen molar-refractivity contribution < 1.29 is 60.1 Å². The molecule has 0 unspecified atom stereocenters. The Hall–Kier alpha value is -3.40. The van der Waals surface area contributed by atoms with E-state index in [4.69, 9.17) is 33.8 Å². The van der Waals surface area contributed by atoms with Crippen LogP contribution in [0.4, 0.5) is 26.3 Å². The molecule has 2 aromatic heterocycles. The number of fused-ring (bicyclic) bond motifs is 1. The maximum absolute atomic E-state index is 10.6. The second-order valence-corrected chi connectivity index (χ2v) is 8.18. The van der Waals surface area contributed by atoms with Crippen LogP contribution in [0.3, 0.4) is 0 Å². The smallest absolute Gasteiger partial charge is 0.475 e. The molecule has 3 heterocycles. The number of aryl methyl sites for hydroxylation is 2. The fourth-order valence-corrected chi connectivity index (χ4v) is 3.82. The number of carboxylic acid groups (broad SMARTS) is 2. The predicted molar refractivity (Wildman–Crippen MR) is 115 cm³/mol. The summed E-state index contributed by atoms with van der Waals surface area (Å²) in [5.41, 5.74) is 2.18. The number of halogens is 6. The van der Waals surface area contributed by atoms with Gasteiger partial charge in [0.05, 0.1) is 12.3 Å². The molecule has 2 fully saturated rings. The molecule has 0 aromatic carbocycles. The van der Waals surface area contributed by atoms with Crippen LogP contribution in [-0.4, -0.2) is 80.9 Å². The number of carbonyl (C=O) groups is 2. The van der Waals surface area contributed by atoms with E-state index in [-0.39, 0.29) is 12.2 Å². The topological polar surface area (TPSA) is 135 Å². The molecule has 3 atom stereocenters. The molecule has 0 amide bonds. The van der Waals surface area contributed by atoms with Crippen molar-refractivity contribution in [2.75, 3.05) is 13.2 Å². The molecule has 0 spiro atoms. The van der Waals surface area contributed by atoms with Gasteiger partial charge in [-0.15, -0.1) is 0 Å². The van der Waals surface area contributed by atoms with Crippen molar-refractivity contribution in [3.63, 3.8) is 0 Å². The third-order valence-electron chi connectivity index (χ3n) is 5.59. The van der Waals surface area contributed by atoms with E-state index in [0.717, 1.165) is 44.0 Å². The highest BCUT2D eigenvalue weighted by Crippen LogP contribution is 2.34. The summed E-state index contributed by atoms with van der Waals surface area (Å²) in [6.45, 7) is 6.51. The normalized spacial score (nSPS) is 21.3. The van der Waals surface area contributed by atoms with Crippen molar-refractivity contribution in [2.24, 2.45) is 0 Å². The van der Waals surface area contributed by atoms with Crippen LogP contribution in [0.2, 0.25) is 0 Å². The molecule has 212 valence electrons. The van der Waals surface area contributed by atoms with Crippen LogP contribution < -0.4 is 4.74 Å². The lowest BCUT2D eigenvalue weighted by atomic mass is 10.1. The van der Waals surface area contributed by atoms with Crippen LogP contribution in [0.25, 0.3) is 0 Å². The molecule has 2 aromatic rings. The Morgan fingerprint density at radius 2 is 1.68 bits per heavy atom. The second-order valence-electron chi connectivity index (χ2n) is 8.18. The average Bonchev–Trinajstić information content (AvgIpc) is 3.38. The molecular weight excluding hydrogens is 532 g/mol. The van der Waals surface area contributed by atoms with Crippen molar-refractivity contribution >= 4 is 11.9 Å². The summed E-state index contributed by atoms with van der Waals surface area (Å²) >= 11 is 0. The first-order valence-electron chi connectivity index (χ1n) is 11.1. The number of aliphatic carboxylic acids is 2. The van der Waals surface area contributed by atoms with Gasteiger partial charge in [0.15, 0.2) is 0 Å². The summed E-state index contributed by atoms with van der Waals surface area (Å²) in [7, 11) is 0. The monoisotopic (exact) mass is 557 g/mol. The van der Waals surface area contributed by atoms with Gasteiger partial charge in [-0.05, 0) is 32.8 Å². The molecule has 1 aliphatic heterocycles. The van der Waals surface area contributed by atoms with Crippen LogP contribution >= 0.6 is 0 Å². The summed E-state index contributed by atoms with van der Waals surface area (Å²) in [5.74, 6) is -3.93. The highest BCUT2D eigenvalue weighted by Gasteiger charge is 2.44. The van der Waals surface area contributed by atoms with E-state index in [0.29, 0.717) is 11.9 Å². The summed E-state index contributed by atoms with van der Waals surface area (Å²) in [4.78, 5) is 24.6. The highest BCUT2D eigenvalue weighted by atomic mass is 19.4. The summed E-state index contributed by atoms with van der Waals surface area (Å²) < 4.78 is 80.9. The lowest BCUT2D eigenvalue weighted by Gasteiger charge is -2.38. The number of morpholine rings is 1. The molecular formula is C22H25F6N3O7. The van der Waals surface area contributed by atoms with Gasteiger partial charge in [-0.1, -0.05) is 11.2 Å². The number of hydrogen-bond acceptors (Lipinski definition) is 8. The van der Waals surface area contributed by atoms with E-state index in [9.17, 15) is 26.3 Å². The lowest BCUT2D eigenvalue weighted by Crippen LogP contribution is -2.51. The van der Waals surface area contributed by atoms with Crippen molar-refractivity contribution in [3.8, 4) is 5.88 Å².